The lowest BCUT2D eigenvalue weighted by atomic mass is 10.2. The molecule has 0 bridgehead atoms. The van der Waals surface area contributed by atoms with E-state index in [9.17, 15) is 4.79 Å². The van der Waals surface area contributed by atoms with Gasteiger partial charge in [0.2, 0.25) is 0 Å². The summed E-state index contributed by atoms with van der Waals surface area (Å²) in [6, 6.07) is 7.37. The van der Waals surface area contributed by atoms with Crippen LogP contribution >= 0.6 is 0 Å². The number of benzene rings is 1. The van der Waals surface area contributed by atoms with Gasteiger partial charge in [-0.2, -0.15) is 0 Å². The van der Waals surface area contributed by atoms with Crippen LogP contribution in [-0.4, -0.2) is 14.1 Å². The minimum Gasteiger partial charge on any atom is -0.423 e. The van der Waals surface area contributed by atoms with Crippen LogP contribution in [0.3, 0.4) is 0 Å². The summed E-state index contributed by atoms with van der Waals surface area (Å²) >= 11 is 0. The molecule has 0 aliphatic heterocycles. The second-order valence-corrected chi connectivity index (χ2v) is 3.82. The van der Waals surface area contributed by atoms with Crippen molar-refractivity contribution >= 4 is 16.7 Å². The molecule has 3 nitrogen and oxygen atoms in total. The van der Waals surface area contributed by atoms with Crippen LogP contribution in [0.5, 0.6) is 0 Å². The van der Waals surface area contributed by atoms with Gasteiger partial charge in [-0.1, -0.05) is 0 Å². The Balaban J connectivity index is 2.76. The van der Waals surface area contributed by atoms with E-state index in [4.69, 9.17) is 4.42 Å². The standard InChI is InChI=1S/C12H13NO2/c1-8-6-12(14)15-11-7-9(13(2)3)4-5-10(8)11/h4-7H,1-3H3/i1+1,8+1. The summed E-state index contributed by atoms with van der Waals surface area (Å²) < 4.78 is 5.15. The Bertz CT molecular complexity index is 555. The van der Waals surface area contributed by atoms with Gasteiger partial charge < -0.3 is 9.32 Å². The van der Waals surface area contributed by atoms with Gasteiger partial charge >= 0.3 is 5.63 Å². The molecular weight excluding hydrogens is 192 g/mol. The van der Waals surface area contributed by atoms with E-state index in [1.165, 1.54) is 6.07 Å². The highest BCUT2D eigenvalue weighted by atomic mass is 16.4. The first kappa shape index (κ1) is 9.77. The zero-order chi connectivity index (χ0) is 11.0. The highest BCUT2D eigenvalue weighted by Crippen LogP contribution is 2.21. The monoisotopic (exact) mass is 205 g/mol. The summed E-state index contributed by atoms with van der Waals surface area (Å²) in [5.74, 6) is 0. The SMILES string of the molecule is CN(C)c1ccc2c(c1)oc(=O)c[13c]2[13CH3]. The van der Waals surface area contributed by atoms with Gasteiger partial charge in [0.15, 0.2) is 0 Å². The predicted octanol–water partition coefficient (Wildman–Crippen LogP) is 2.17. The van der Waals surface area contributed by atoms with Gasteiger partial charge in [-0.05, 0) is 24.6 Å². The lowest BCUT2D eigenvalue weighted by molar-refractivity contribution is 0.560. The van der Waals surface area contributed by atoms with Crippen molar-refractivity contribution in [3.8, 4) is 0 Å². The van der Waals surface area contributed by atoms with Crippen molar-refractivity contribution in [1.82, 2.24) is 0 Å². The fourth-order valence-electron chi connectivity index (χ4n) is 1.59. The quantitative estimate of drug-likeness (QED) is 0.528. The molecule has 0 fully saturated rings. The Morgan fingerprint density at radius 2 is 1.93 bits per heavy atom. The van der Waals surface area contributed by atoms with Crippen molar-refractivity contribution in [1.29, 1.82) is 0 Å². The summed E-state index contributed by atoms with van der Waals surface area (Å²) in [5, 5.41) is 0.986. The third-order valence-electron chi connectivity index (χ3n) is 2.45. The molecule has 0 saturated heterocycles. The minimum atomic E-state index is -0.295. The maximum absolute atomic E-state index is 11.2. The fraction of sp³-hybridized carbons (Fsp3) is 0.250. The molecule has 1 heterocycles. The van der Waals surface area contributed by atoms with Gasteiger partial charge in [-0.3, -0.25) is 0 Å². The van der Waals surface area contributed by atoms with Crippen LogP contribution in [0.15, 0.2) is 33.5 Å². The van der Waals surface area contributed by atoms with Crippen LogP contribution in [-0.2, 0) is 0 Å². The highest BCUT2D eigenvalue weighted by molar-refractivity contribution is 5.83. The van der Waals surface area contributed by atoms with E-state index in [1.807, 2.05) is 44.1 Å². The molecule has 2 aromatic rings. The molecule has 0 radical (unpaired) electrons. The Hall–Kier alpha value is -1.77. The van der Waals surface area contributed by atoms with E-state index >= 15 is 0 Å². The largest absolute Gasteiger partial charge is 0.423 e. The first-order valence-electron chi connectivity index (χ1n) is 4.80. The van der Waals surface area contributed by atoms with Crippen LogP contribution in [0.25, 0.3) is 11.0 Å². The summed E-state index contributed by atoms with van der Waals surface area (Å²) in [4.78, 5) is 13.2. The van der Waals surface area contributed by atoms with E-state index in [1.54, 1.807) is 0 Å². The Kier molecular flexibility index (Phi) is 2.23. The Morgan fingerprint density at radius 1 is 1.20 bits per heavy atom. The number of hydrogen-bond acceptors (Lipinski definition) is 3. The van der Waals surface area contributed by atoms with Gasteiger partial charge in [-0.25, -0.2) is 4.79 Å². The number of aryl methyl sites for hydroxylation is 1. The van der Waals surface area contributed by atoms with Crippen LogP contribution < -0.4 is 10.5 Å². The second-order valence-electron chi connectivity index (χ2n) is 3.82. The fourth-order valence-corrected chi connectivity index (χ4v) is 1.59. The molecule has 0 saturated carbocycles. The number of fused-ring (bicyclic) bond motifs is 1. The minimum absolute atomic E-state index is 0.295. The molecule has 1 aromatic carbocycles. The molecule has 1 aromatic heterocycles. The number of anilines is 1. The summed E-state index contributed by atoms with van der Waals surface area (Å²) in [6.07, 6.45) is 0. The zero-order valence-electron chi connectivity index (χ0n) is 9.07. The topological polar surface area (TPSA) is 33.5 Å². The number of rotatable bonds is 1. The summed E-state index contributed by atoms with van der Waals surface area (Å²) in [7, 11) is 3.91. The molecule has 0 aliphatic carbocycles. The Morgan fingerprint density at radius 3 is 2.60 bits per heavy atom. The highest BCUT2D eigenvalue weighted by Gasteiger charge is 2.03. The summed E-state index contributed by atoms with van der Waals surface area (Å²) in [5.41, 5.74) is 2.32. The van der Waals surface area contributed by atoms with E-state index < -0.39 is 0 Å². The smallest absolute Gasteiger partial charge is 0.336 e. The maximum Gasteiger partial charge on any atom is 0.336 e. The molecule has 0 N–H and O–H groups in total. The van der Waals surface area contributed by atoms with Gasteiger partial charge in [-0.15, -0.1) is 0 Å². The van der Waals surface area contributed by atoms with Gasteiger partial charge in [0, 0.05) is 37.3 Å². The van der Waals surface area contributed by atoms with E-state index in [2.05, 4.69) is 0 Å². The lowest BCUT2D eigenvalue weighted by Gasteiger charge is -2.12. The normalized spacial score (nSPS) is 10.6. The third kappa shape index (κ3) is 1.73. The molecule has 0 atom stereocenters. The van der Waals surface area contributed by atoms with Crippen molar-refractivity contribution < 1.29 is 4.42 Å². The molecule has 78 valence electrons. The molecular formula is C12H13NO2. The maximum atomic E-state index is 11.2. The molecule has 0 aliphatic rings. The number of hydrogen-bond donors (Lipinski definition) is 0. The summed E-state index contributed by atoms with van der Waals surface area (Å²) in [6.45, 7) is 1.91. The first-order chi connectivity index (χ1) is 7.08. The van der Waals surface area contributed by atoms with Crippen LogP contribution in [0.2, 0.25) is 0 Å². The van der Waals surface area contributed by atoms with Gasteiger partial charge in [0.05, 0.1) is 0 Å². The second kappa shape index (κ2) is 3.42. The van der Waals surface area contributed by atoms with E-state index in [-0.39, 0.29) is 5.63 Å². The molecule has 15 heavy (non-hydrogen) atoms. The van der Waals surface area contributed by atoms with Crippen LogP contribution in [0.1, 0.15) is 5.56 Å². The molecule has 3 heteroatoms. The van der Waals surface area contributed by atoms with Crippen LogP contribution in [0, 0.1) is 6.92 Å². The average molecular weight is 205 g/mol. The van der Waals surface area contributed by atoms with Crippen LogP contribution in [0.4, 0.5) is 5.69 Å². The van der Waals surface area contributed by atoms with Gasteiger partial charge in [0.25, 0.3) is 0 Å². The Labute approximate surface area is 87.9 Å². The molecule has 0 amide bonds. The molecule has 0 spiro atoms. The van der Waals surface area contributed by atoms with Gasteiger partial charge in [0.1, 0.15) is 5.58 Å². The lowest BCUT2D eigenvalue weighted by Crippen LogP contribution is -2.08. The van der Waals surface area contributed by atoms with Crippen molar-refractivity contribution in [3.63, 3.8) is 0 Å². The van der Waals surface area contributed by atoms with Crippen molar-refractivity contribution in [2.75, 3.05) is 19.0 Å². The van der Waals surface area contributed by atoms with E-state index in [0.29, 0.717) is 5.58 Å². The van der Waals surface area contributed by atoms with Crippen molar-refractivity contribution in [2.24, 2.45) is 0 Å². The first-order valence-corrected chi connectivity index (χ1v) is 4.80. The molecule has 2 rings (SSSR count). The number of nitrogens with zero attached hydrogens (tertiary/aromatic N) is 1. The third-order valence-corrected chi connectivity index (χ3v) is 2.45. The zero-order valence-corrected chi connectivity index (χ0v) is 9.07. The molecule has 0 unspecified atom stereocenters. The predicted molar refractivity (Wildman–Crippen MR) is 61.5 cm³/mol. The average Bonchev–Trinajstić information content (AvgIpc) is 2.16. The van der Waals surface area contributed by atoms with Crippen molar-refractivity contribution in [3.05, 3.63) is 40.2 Å². The van der Waals surface area contributed by atoms with Crippen molar-refractivity contribution in [2.45, 2.75) is 6.92 Å². The van der Waals surface area contributed by atoms with E-state index in [0.717, 1.165) is 16.6 Å².